The number of esters is 1. The van der Waals surface area contributed by atoms with Gasteiger partial charge in [0.1, 0.15) is 12.1 Å². The number of aliphatic hydroxyl groups excluding tert-OH is 1. The zero-order valence-electron chi connectivity index (χ0n) is 25.3. The van der Waals surface area contributed by atoms with E-state index in [1.54, 1.807) is 31.2 Å². The van der Waals surface area contributed by atoms with E-state index in [9.17, 15) is 19.5 Å². The molecule has 0 spiro atoms. The van der Waals surface area contributed by atoms with Crippen molar-refractivity contribution in [2.24, 2.45) is 11.3 Å². The number of allylic oxidation sites excluding steroid dienone is 4. The fraction of sp³-hybridized carbons (Fsp3) is 0.531. The van der Waals surface area contributed by atoms with Crippen LogP contribution in [0.1, 0.15) is 73.6 Å². The van der Waals surface area contributed by atoms with E-state index in [4.69, 9.17) is 21.1 Å². The summed E-state index contributed by atoms with van der Waals surface area (Å²) >= 11 is 5.77. The molecule has 3 N–H and O–H groups in total. The maximum absolute atomic E-state index is 12.7. The maximum Gasteiger partial charge on any atom is 0.373 e. The normalized spacial score (nSPS) is 18.6. The average Bonchev–Trinajstić information content (AvgIpc) is 2.89. The molecular formula is C32H45ClN2O6. The molecule has 1 rings (SSSR count). The second-order valence-electron chi connectivity index (χ2n) is 11.1. The van der Waals surface area contributed by atoms with Crippen LogP contribution < -0.4 is 10.6 Å². The van der Waals surface area contributed by atoms with E-state index in [0.29, 0.717) is 30.7 Å². The molecule has 1 aliphatic rings. The van der Waals surface area contributed by atoms with Gasteiger partial charge in [-0.1, -0.05) is 81.0 Å². The number of ether oxygens (including phenoxy) is 2. The molecule has 0 fully saturated rings. The first-order valence-corrected chi connectivity index (χ1v) is 14.2. The lowest BCUT2D eigenvalue weighted by molar-refractivity contribution is -0.151. The van der Waals surface area contributed by atoms with Crippen LogP contribution in [0.5, 0.6) is 0 Å². The van der Waals surface area contributed by atoms with E-state index in [-0.39, 0.29) is 36.0 Å². The first-order chi connectivity index (χ1) is 19.2. The number of cyclic esters (lactones) is 1. The Labute approximate surface area is 250 Å². The minimum absolute atomic E-state index is 0.0211. The van der Waals surface area contributed by atoms with Gasteiger partial charge in [-0.05, 0) is 50.5 Å². The lowest BCUT2D eigenvalue weighted by atomic mass is 9.86. The molecule has 0 unspecified atom stereocenters. The summed E-state index contributed by atoms with van der Waals surface area (Å²) in [6.07, 6.45) is 13.3. The highest BCUT2D eigenvalue weighted by Gasteiger charge is 2.32. The van der Waals surface area contributed by atoms with Gasteiger partial charge in [0.25, 0.3) is 0 Å². The van der Waals surface area contributed by atoms with Gasteiger partial charge in [-0.2, -0.15) is 0 Å². The Morgan fingerprint density at radius 1 is 1.29 bits per heavy atom. The van der Waals surface area contributed by atoms with Crippen LogP contribution in [0.4, 0.5) is 0 Å². The molecule has 0 bridgehead atoms. The van der Waals surface area contributed by atoms with Gasteiger partial charge in [-0.15, -0.1) is 0 Å². The summed E-state index contributed by atoms with van der Waals surface area (Å²) in [7, 11) is 1.45. The Kier molecular flexibility index (Phi) is 15.9. The molecule has 8 nitrogen and oxygen atoms in total. The Balaban J connectivity index is 2.53. The van der Waals surface area contributed by atoms with Gasteiger partial charge >= 0.3 is 5.97 Å². The number of carbonyl (C=O) groups is 3. The average molecular weight is 589 g/mol. The highest BCUT2D eigenvalue weighted by molar-refractivity contribution is 6.29. The van der Waals surface area contributed by atoms with Gasteiger partial charge in [-0.25, -0.2) is 4.79 Å². The second kappa shape index (κ2) is 18.2. The molecule has 1 aliphatic heterocycles. The molecule has 0 saturated heterocycles. The molecule has 0 aliphatic carbocycles. The van der Waals surface area contributed by atoms with Crippen LogP contribution in [0, 0.1) is 23.2 Å². The van der Waals surface area contributed by atoms with Crippen molar-refractivity contribution in [1.29, 1.82) is 0 Å². The smallest absolute Gasteiger partial charge is 0.373 e. The minimum atomic E-state index is -0.742. The molecular weight excluding hydrogens is 544 g/mol. The fourth-order valence-electron chi connectivity index (χ4n) is 3.85. The van der Waals surface area contributed by atoms with E-state index in [0.717, 1.165) is 5.57 Å². The zero-order chi connectivity index (χ0) is 31.0. The number of amides is 2. The SMILES string of the molecule is COC1=CC[C@@H]([C@@H](C)/C=C(C)/C=C\C#CCCC(=O)N[C@H](C(=O)N/C=C\C[C@@H](O)C/C=C(\C)Cl)C(C)(C)C)OC1=O. The van der Waals surface area contributed by atoms with Gasteiger partial charge in [0.05, 0.1) is 13.2 Å². The van der Waals surface area contributed by atoms with Crippen molar-refractivity contribution < 1.29 is 29.0 Å². The lowest BCUT2D eigenvalue weighted by Crippen LogP contribution is -2.52. The topological polar surface area (TPSA) is 114 Å². The predicted molar refractivity (Wildman–Crippen MR) is 162 cm³/mol. The van der Waals surface area contributed by atoms with E-state index in [1.165, 1.54) is 13.3 Å². The molecule has 226 valence electrons. The first-order valence-electron chi connectivity index (χ1n) is 13.8. The maximum atomic E-state index is 12.7. The molecule has 0 aromatic rings. The second-order valence-corrected chi connectivity index (χ2v) is 11.7. The van der Waals surface area contributed by atoms with Crippen molar-refractivity contribution in [1.82, 2.24) is 10.6 Å². The third kappa shape index (κ3) is 14.8. The summed E-state index contributed by atoms with van der Waals surface area (Å²) in [4.78, 5) is 37.1. The highest BCUT2D eigenvalue weighted by Crippen LogP contribution is 2.23. The molecule has 9 heteroatoms. The number of nitrogens with one attached hydrogen (secondary N) is 2. The van der Waals surface area contributed by atoms with Crippen LogP contribution in [-0.4, -0.2) is 48.2 Å². The summed E-state index contributed by atoms with van der Waals surface area (Å²) in [5, 5.41) is 16.0. The van der Waals surface area contributed by atoms with Crippen molar-refractivity contribution in [3.8, 4) is 11.8 Å². The highest BCUT2D eigenvalue weighted by atomic mass is 35.5. The summed E-state index contributed by atoms with van der Waals surface area (Å²) < 4.78 is 10.4. The Bertz CT molecular complexity index is 1110. The molecule has 2 amide bonds. The molecule has 4 atom stereocenters. The van der Waals surface area contributed by atoms with E-state index in [2.05, 4.69) is 22.5 Å². The largest absolute Gasteiger partial charge is 0.490 e. The Morgan fingerprint density at radius 3 is 2.61 bits per heavy atom. The van der Waals surface area contributed by atoms with Gasteiger partial charge in [0.2, 0.25) is 11.8 Å². The standard InChI is InChI=1S/C32H45ClN2O6/c1-22(21-23(2)26-18-19-27(40-7)31(39)41-26)13-10-8-9-11-15-28(37)35-29(32(4,5)6)30(38)34-20-12-14-25(36)17-16-24(3)33/h10,12-13,16,19-21,23,25-26,29,36H,11,14-15,17-18H2,1-7H3,(H,34,38)(H,35,37)/b13-10-,20-12-,22-21+,24-16+/t23-,25+,26-,29+/m0/s1. The van der Waals surface area contributed by atoms with Crippen LogP contribution in [0.25, 0.3) is 0 Å². The Morgan fingerprint density at radius 2 is 2.00 bits per heavy atom. The molecule has 0 radical (unpaired) electrons. The fourth-order valence-corrected chi connectivity index (χ4v) is 3.94. The van der Waals surface area contributed by atoms with E-state index < -0.39 is 23.5 Å². The van der Waals surface area contributed by atoms with Crippen LogP contribution in [-0.2, 0) is 23.9 Å². The third-order valence-corrected chi connectivity index (χ3v) is 6.35. The quantitative estimate of drug-likeness (QED) is 0.155. The summed E-state index contributed by atoms with van der Waals surface area (Å²) in [5.41, 5.74) is 0.468. The molecule has 1 heterocycles. The van der Waals surface area contributed by atoms with Crippen molar-refractivity contribution in [3.05, 3.63) is 59.0 Å². The minimum Gasteiger partial charge on any atom is -0.490 e. The zero-order valence-corrected chi connectivity index (χ0v) is 26.0. The molecule has 0 aromatic heterocycles. The number of methoxy groups -OCH3 is 1. The van der Waals surface area contributed by atoms with Gasteiger partial charge in [-0.3, -0.25) is 9.59 Å². The molecule has 0 saturated carbocycles. The molecule has 0 aromatic carbocycles. The van der Waals surface area contributed by atoms with Crippen molar-refractivity contribution in [2.75, 3.05) is 7.11 Å². The van der Waals surface area contributed by atoms with Gasteiger partial charge < -0.3 is 25.2 Å². The summed E-state index contributed by atoms with van der Waals surface area (Å²) in [6.45, 7) is 11.3. The number of hydrogen-bond donors (Lipinski definition) is 3. The van der Waals surface area contributed by atoms with E-state index in [1.807, 2.05) is 46.8 Å². The predicted octanol–water partition coefficient (Wildman–Crippen LogP) is 5.20. The lowest BCUT2D eigenvalue weighted by Gasteiger charge is -2.29. The number of hydrogen-bond acceptors (Lipinski definition) is 6. The first kappa shape index (κ1) is 35.7. The number of carbonyl (C=O) groups excluding carboxylic acids is 3. The van der Waals surface area contributed by atoms with Crippen molar-refractivity contribution >= 4 is 29.4 Å². The molecule has 41 heavy (non-hydrogen) atoms. The van der Waals surface area contributed by atoms with Crippen LogP contribution in [0.2, 0.25) is 0 Å². The number of rotatable bonds is 13. The van der Waals surface area contributed by atoms with Crippen LogP contribution in [0.15, 0.2) is 59.0 Å². The van der Waals surface area contributed by atoms with Crippen molar-refractivity contribution in [3.63, 3.8) is 0 Å². The van der Waals surface area contributed by atoms with Gasteiger partial charge in [0.15, 0.2) is 5.76 Å². The van der Waals surface area contributed by atoms with Gasteiger partial charge in [0, 0.05) is 30.2 Å². The van der Waals surface area contributed by atoms with Crippen LogP contribution >= 0.6 is 11.6 Å². The monoisotopic (exact) mass is 588 g/mol. The third-order valence-electron chi connectivity index (χ3n) is 6.19. The van der Waals surface area contributed by atoms with Crippen molar-refractivity contribution in [2.45, 2.75) is 91.9 Å². The Hall–Kier alpha value is -3.28. The summed E-state index contributed by atoms with van der Waals surface area (Å²) in [6, 6.07) is -0.742. The number of halogens is 1. The van der Waals surface area contributed by atoms with E-state index >= 15 is 0 Å². The van der Waals surface area contributed by atoms with Crippen LogP contribution in [0.3, 0.4) is 0 Å². The summed E-state index contributed by atoms with van der Waals surface area (Å²) in [5.74, 6) is 5.09. The number of aliphatic hydroxyl groups is 1.